The molecule has 0 spiro atoms. The highest BCUT2D eigenvalue weighted by Crippen LogP contribution is 2.19. The first-order valence-electron chi connectivity index (χ1n) is 12.1. The third-order valence-electron chi connectivity index (χ3n) is 5.12. The lowest BCUT2D eigenvalue weighted by Gasteiger charge is -2.08. The minimum absolute atomic E-state index is 0.0175. The molecule has 0 aliphatic rings. The molecule has 0 bridgehead atoms. The van der Waals surface area contributed by atoms with Crippen LogP contribution in [0.15, 0.2) is 85.7 Å². The van der Waals surface area contributed by atoms with Crippen LogP contribution in [0.2, 0.25) is 0 Å². The monoisotopic (exact) mass is 522 g/mol. The average molecular weight is 523 g/mol. The summed E-state index contributed by atoms with van der Waals surface area (Å²) in [5.74, 6) is 0.0175. The fourth-order valence-corrected chi connectivity index (χ4v) is 3.47. The zero-order valence-electron chi connectivity index (χ0n) is 21.4. The van der Waals surface area contributed by atoms with Gasteiger partial charge in [-0.1, -0.05) is 60.7 Å². The highest BCUT2D eigenvalue weighted by atomic mass is 35.5. The lowest BCUT2D eigenvalue weighted by atomic mass is 10.2. The molecule has 1 amide bonds. The molecule has 0 aliphatic heterocycles. The van der Waals surface area contributed by atoms with Crippen molar-refractivity contribution in [3.63, 3.8) is 0 Å². The van der Waals surface area contributed by atoms with Crippen LogP contribution in [-0.4, -0.2) is 43.3 Å². The fourth-order valence-electron chi connectivity index (χ4n) is 3.47. The van der Waals surface area contributed by atoms with Gasteiger partial charge in [0.2, 0.25) is 11.1 Å². The maximum Gasteiger partial charge on any atom is 0.218 e. The quantitative estimate of drug-likeness (QED) is 0.244. The maximum absolute atomic E-state index is 10.8. The normalized spacial score (nSPS) is 9.95. The van der Waals surface area contributed by atoms with Gasteiger partial charge in [0, 0.05) is 33.5 Å². The van der Waals surface area contributed by atoms with Gasteiger partial charge in [-0.25, -0.2) is 9.97 Å². The number of halogens is 1. The predicted octanol–water partition coefficient (Wildman–Crippen LogP) is 4.75. The van der Waals surface area contributed by atoms with Crippen LogP contribution in [0, 0.1) is 0 Å². The first-order chi connectivity index (χ1) is 17.9. The summed E-state index contributed by atoms with van der Waals surface area (Å²) in [5, 5.41) is 2.43. The number of hydrogen-bond acceptors (Lipinski definition) is 5. The molecule has 2 aromatic heterocycles. The average Bonchev–Trinajstić information content (AvgIpc) is 3.56. The zero-order chi connectivity index (χ0) is 26.9. The summed E-state index contributed by atoms with van der Waals surface area (Å²) in [7, 11) is 0. The lowest BCUT2D eigenvalue weighted by Crippen LogP contribution is -2.21. The first-order valence-corrected chi connectivity index (χ1v) is 12.5. The number of nitrogens with two attached hydrogens (primary N) is 1. The van der Waals surface area contributed by atoms with Crippen LogP contribution in [0.25, 0.3) is 22.5 Å². The molecule has 0 saturated carbocycles. The number of carbonyl (C=O) groups is 2. The molecule has 0 saturated heterocycles. The highest BCUT2D eigenvalue weighted by Gasteiger charge is 2.04. The molecule has 8 nitrogen and oxygen atoms in total. The van der Waals surface area contributed by atoms with Gasteiger partial charge < -0.3 is 20.2 Å². The van der Waals surface area contributed by atoms with Gasteiger partial charge in [-0.05, 0) is 42.1 Å². The van der Waals surface area contributed by atoms with Crippen molar-refractivity contribution in [2.45, 2.75) is 39.8 Å². The van der Waals surface area contributed by atoms with Crippen molar-refractivity contribution in [2.75, 3.05) is 13.1 Å². The molecule has 37 heavy (non-hydrogen) atoms. The highest BCUT2D eigenvalue weighted by molar-refractivity contribution is 6.62. The number of carbonyl (C=O) groups excluding carboxylic acids is 2. The third-order valence-corrected chi connectivity index (χ3v) is 5.12. The zero-order valence-corrected chi connectivity index (χ0v) is 22.1. The summed E-state index contributed by atoms with van der Waals surface area (Å²) in [5.41, 5.74) is 10.1. The summed E-state index contributed by atoms with van der Waals surface area (Å²) in [6.45, 7) is 6.02. The van der Waals surface area contributed by atoms with Crippen LogP contribution >= 0.6 is 11.6 Å². The van der Waals surface area contributed by atoms with Gasteiger partial charge in [0.1, 0.15) is 0 Å². The van der Waals surface area contributed by atoms with Crippen LogP contribution in [-0.2, 0) is 22.7 Å². The molecule has 0 unspecified atom stereocenters. The van der Waals surface area contributed by atoms with E-state index in [1.54, 1.807) is 0 Å². The number of aromatic nitrogens is 4. The van der Waals surface area contributed by atoms with Gasteiger partial charge in [0.25, 0.3) is 0 Å². The molecule has 0 aliphatic carbocycles. The number of nitrogens with one attached hydrogen (secondary N) is 1. The summed E-state index contributed by atoms with van der Waals surface area (Å²) in [6, 6.07) is 20.5. The molecule has 2 aromatic carbocycles. The van der Waals surface area contributed by atoms with E-state index in [1.165, 1.54) is 19.4 Å². The van der Waals surface area contributed by atoms with Crippen molar-refractivity contribution in [1.82, 2.24) is 24.4 Å². The SMILES string of the molecule is CC(=O)Cl.CC(=O)NCCCn1cncc1-c1ccccc1.NCCCn1cncc1-c1ccccc1. The van der Waals surface area contributed by atoms with Gasteiger partial charge >= 0.3 is 0 Å². The van der Waals surface area contributed by atoms with Crippen molar-refractivity contribution < 1.29 is 9.59 Å². The van der Waals surface area contributed by atoms with Gasteiger partial charge in [0.05, 0.1) is 36.4 Å². The van der Waals surface area contributed by atoms with Gasteiger partial charge in [0.15, 0.2) is 0 Å². The standard InChI is InChI=1S/C14H17N3O.C12H15N3.C2H3ClO/c1-12(18)16-8-5-9-17-11-15-10-14(17)13-6-3-2-4-7-13;13-7-4-8-15-10-14-9-12(15)11-5-2-1-3-6-11;1-2(3)4/h2-4,6-7,10-11H,5,8-9H2,1H3,(H,16,18);1-3,5-6,9-10H,4,7-8,13H2;1H3. The number of rotatable bonds is 9. The molecular formula is C28H35ClN6O2. The topological polar surface area (TPSA) is 108 Å². The van der Waals surface area contributed by atoms with Gasteiger partial charge in [-0.3, -0.25) is 9.59 Å². The Labute approximate surface area is 223 Å². The lowest BCUT2D eigenvalue weighted by molar-refractivity contribution is -0.119. The minimum atomic E-state index is -0.361. The molecule has 2 heterocycles. The van der Waals surface area contributed by atoms with E-state index in [1.807, 2.05) is 61.4 Å². The third kappa shape index (κ3) is 11.2. The second kappa shape index (κ2) is 16.8. The van der Waals surface area contributed by atoms with Crippen molar-refractivity contribution in [3.8, 4) is 22.5 Å². The number of amides is 1. The van der Waals surface area contributed by atoms with Crippen LogP contribution in [0.3, 0.4) is 0 Å². The van der Waals surface area contributed by atoms with E-state index in [0.717, 1.165) is 42.9 Å². The molecule has 0 fully saturated rings. The van der Waals surface area contributed by atoms with E-state index < -0.39 is 0 Å². The van der Waals surface area contributed by atoms with Crippen molar-refractivity contribution in [1.29, 1.82) is 0 Å². The number of benzene rings is 2. The summed E-state index contributed by atoms with van der Waals surface area (Å²) >= 11 is 4.64. The molecule has 3 N–H and O–H groups in total. The molecule has 0 radical (unpaired) electrons. The summed E-state index contributed by atoms with van der Waals surface area (Å²) in [4.78, 5) is 28.3. The molecule has 0 atom stereocenters. The Morgan fingerprint density at radius 2 is 1.24 bits per heavy atom. The van der Waals surface area contributed by atoms with Crippen LogP contribution in [0.4, 0.5) is 0 Å². The number of hydrogen-bond donors (Lipinski definition) is 2. The molecule has 4 rings (SSSR count). The van der Waals surface area contributed by atoms with Crippen molar-refractivity contribution in [2.24, 2.45) is 5.73 Å². The fraction of sp³-hybridized carbons (Fsp3) is 0.286. The smallest absolute Gasteiger partial charge is 0.218 e. The Morgan fingerprint density at radius 3 is 1.65 bits per heavy atom. The molecule has 4 aromatic rings. The largest absolute Gasteiger partial charge is 0.356 e. The van der Waals surface area contributed by atoms with Gasteiger partial charge in [-0.15, -0.1) is 0 Å². The van der Waals surface area contributed by atoms with Crippen molar-refractivity contribution in [3.05, 3.63) is 85.7 Å². The number of imidazole rings is 2. The molecule has 9 heteroatoms. The Balaban J connectivity index is 0.000000230. The van der Waals surface area contributed by atoms with E-state index in [9.17, 15) is 9.59 Å². The van der Waals surface area contributed by atoms with E-state index in [-0.39, 0.29) is 11.1 Å². The predicted molar refractivity (Wildman–Crippen MR) is 149 cm³/mol. The first kappa shape index (κ1) is 29.5. The molecular weight excluding hydrogens is 488 g/mol. The summed E-state index contributed by atoms with van der Waals surface area (Å²) < 4.78 is 4.25. The Kier molecular flexibility index (Phi) is 13.4. The van der Waals surface area contributed by atoms with E-state index >= 15 is 0 Å². The molecule has 196 valence electrons. The van der Waals surface area contributed by atoms with E-state index in [4.69, 9.17) is 5.73 Å². The van der Waals surface area contributed by atoms with Crippen LogP contribution in [0.5, 0.6) is 0 Å². The Morgan fingerprint density at radius 1 is 0.811 bits per heavy atom. The Hall–Kier alpha value is -3.75. The Bertz CT molecular complexity index is 1190. The van der Waals surface area contributed by atoms with Crippen LogP contribution in [0.1, 0.15) is 26.7 Å². The number of nitrogens with zero attached hydrogens (tertiary/aromatic N) is 4. The van der Waals surface area contributed by atoms with Crippen molar-refractivity contribution >= 4 is 22.8 Å². The summed E-state index contributed by atoms with van der Waals surface area (Å²) in [6.07, 6.45) is 9.33. The minimum Gasteiger partial charge on any atom is -0.356 e. The number of aryl methyl sites for hydroxylation is 2. The van der Waals surface area contributed by atoms with Crippen LogP contribution < -0.4 is 11.1 Å². The second-order valence-electron chi connectivity index (χ2n) is 8.13. The van der Waals surface area contributed by atoms with E-state index in [2.05, 4.69) is 60.3 Å². The van der Waals surface area contributed by atoms with Gasteiger partial charge in [-0.2, -0.15) is 0 Å². The second-order valence-corrected chi connectivity index (χ2v) is 8.66. The maximum atomic E-state index is 10.8. The van der Waals surface area contributed by atoms with E-state index in [0.29, 0.717) is 13.1 Å².